The molecule has 0 aliphatic rings. The lowest BCUT2D eigenvalue weighted by Crippen LogP contribution is -2.58. The Bertz CT molecular complexity index is 641. The van der Waals surface area contributed by atoms with Crippen LogP contribution in [-0.2, 0) is 19.1 Å². The second-order valence-electron chi connectivity index (χ2n) is 5.07. The van der Waals surface area contributed by atoms with Crippen molar-refractivity contribution < 1.29 is 80.5 Å². The molecule has 0 fully saturated rings. The summed E-state index contributed by atoms with van der Waals surface area (Å²) in [7, 11) is 0. The summed E-state index contributed by atoms with van der Waals surface area (Å²) < 4.78 is 180. The number of halogens is 15. The largest absolute Gasteiger partial charge is 0.460 e. The lowest BCUT2D eigenvalue weighted by molar-refractivity contribution is -0.350. The summed E-state index contributed by atoms with van der Waals surface area (Å²) in [6, 6.07) is 0. The summed E-state index contributed by atoms with van der Waals surface area (Å²) in [5.41, 5.74) is 0. The van der Waals surface area contributed by atoms with E-state index in [9.17, 15) is 71.1 Å². The normalized spacial score (nSPS) is 15.6. The van der Waals surface area contributed by atoms with Crippen molar-refractivity contribution >= 4 is 23.5 Å². The predicted molar refractivity (Wildman–Crippen MR) is 63.5 cm³/mol. The molecule has 0 spiro atoms. The van der Waals surface area contributed by atoms with E-state index in [0.29, 0.717) is 0 Å². The quantitative estimate of drug-likeness (QED) is 0.282. The Morgan fingerprint density at radius 2 is 1.00 bits per heavy atom. The van der Waals surface area contributed by atoms with Gasteiger partial charge in [-0.15, -0.1) is 11.6 Å². The molecule has 0 aromatic rings. The van der Waals surface area contributed by atoms with Gasteiger partial charge in [0.1, 0.15) is 12.7 Å². The van der Waals surface area contributed by atoms with Gasteiger partial charge in [-0.2, -0.15) is 61.5 Å². The fraction of sp³-hybridized carbons (Fsp3) is 0.818. The first-order chi connectivity index (χ1) is 13.0. The van der Waals surface area contributed by atoms with E-state index in [1.54, 1.807) is 0 Å². The molecular weight excluding hydrogens is 498 g/mol. The summed E-state index contributed by atoms with van der Waals surface area (Å²) in [5, 5.41) is 0. The zero-order valence-electron chi connectivity index (χ0n) is 13.3. The van der Waals surface area contributed by atoms with Crippen LogP contribution in [0.3, 0.4) is 0 Å². The Kier molecular flexibility index (Phi) is 7.92. The fourth-order valence-electron chi connectivity index (χ4n) is 1.21. The molecule has 0 heterocycles. The molecule has 0 rings (SSSR count). The van der Waals surface area contributed by atoms with Crippen LogP contribution in [0.15, 0.2) is 0 Å². The van der Waals surface area contributed by atoms with Crippen LogP contribution in [0.4, 0.5) is 61.5 Å². The minimum Gasteiger partial charge on any atom is -0.457 e. The number of esters is 2. The zero-order chi connectivity index (χ0) is 24.6. The van der Waals surface area contributed by atoms with E-state index in [1.165, 1.54) is 0 Å². The van der Waals surface area contributed by atoms with Crippen LogP contribution in [0.2, 0.25) is 0 Å². The van der Waals surface area contributed by atoms with Crippen molar-refractivity contribution in [2.75, 3.05) is 12.5 Å². The minimum atomic E-state index is -7.01. The van der Waals surface area contributed by atoms with Crippen molar-refractivity contribution in [2.45, 2.75) is 42.1 Å². The maximum atomic E-state index is 13.0. The Labute approximate surface area is 160 Å². The van der Waals surface area contributed by atoms with Gasteiger partial charge in [0.2, 0.25) is 0 Å². The maximum absolute atomic E-state index is 13.0. The van der Waals surface area contributed by atoms with E-state index in [-0.39, 0.29) is 0 Å². The Hall–Kier alpha value is -1.75. The highest BCUT2D eigenvalue weighted by atomic mass is 35.5. The van der Waals surface area contributed by atoms with Crippen LogP contribution in [0.5, 0.6) is 0 Å². The second kappa shape index (κ2) is 8.41. The van der Waals surface area contributed by atoms with Crippen LogP contribution in [-0.4, -0.2) is 66.6 Å². The molecule has 0 radical (unpaired) electrons. The number of ether oxygens (including phenoxy) is 2. The molecule has 0 bridgehead atoms. The van der Waals surface area contributed by atoms with Crippen LogP contribution in [0, 0.1) is 0 Å². The molecule has 1 atom stereocenters. The number of alkyl halides is 15. The first-order valence-corrected chi connectivity index (χ1v) is 7.10. The van der Waals surface area contributed by atoms with Gasteiger partial charge >= 0.3 is 48.0 Å². The lowest BCUT2D eigenvalue weighted by Gasteiger charge is -2.28. The van der Waals surface area contributed by atoms with E-state index in [0.717, 1.165) is 0 Å². The van der Waals surface area contributed by atoms with Gasteiger partial charge in [-0.05, 0) is 0 Å². The number of hydrogen-bond donors (Lipinski definition) is 0. The summed E-state index contributed by atoms with van der Waals surface area (Å²) in [4.78, 5) is 21.7. The third-order valence-corrected chi connectivity index (χ3v) is 3.20. The lowest BCUT2D eigenvalue weighted by atomic mass is 10.1. The van der Waals surface area contributed by atoms with E-state index < -0.39 is 66.6 Å². The molecule has 4 nitrogen and oxygen atoms in total. The number of hydrogen-bond acceptors (Lipinski definition) is 4. The third kappa shape index (κ3) is 5.11. The Morgan fingerprint density at radius 3 is 1.30 bits per heavy atom. The van der Waals surface area contributed by atoms with Crippen molar-refractivity contribution in [2.24, 2.45) is 0 Å². The molecule has 178 valence electrons. The molecule has 0 saturated carbocycles. The summed E-state index contributed by atoms with van der Waals surface area (Å²) >= 11 is 4.89. The van der Waals surface area contributed by atoms with Crippen LogP contribution in [0.1, 0.15) is 0 Å². The smallest absolute Gasteiger partial charge is 0.457 e. The van der Waals surface area contributed by atoms with E-state index >= 15 is 0 Å². The van der Waals surface area contributed by atoms with Crippen molar-refractivity contribution in [1.29, 1.82) is 0 Å². The molecule has 0 aliphatic heterocycles. The van der Waals surface area contributed by atoms with Gasteiger partial charge in [0.05, 0.1) is 5.88 Å². The minimum absolute atomic E-state index is 1.45. The van der Waals surface area contributed by atoms with Crippen molar-refractivity contribution in [1.82, 2.24) is 0 Å². The van der Waals surface area contributed by atoms with E-state index in [1.807, 2.05) is 0 Å². The van der Waals surface area contributed by atoms with Gasteiger partial charge in [0.15, 0.2) is 0 Å². The topological polar surface area (TPSA) is 52.6 Å². The number of carbonyl (C=O) groups excluding carboxylic acids is 2. The highest BCUT2D eigenvalue weighted by molar-refractivity contribution is 6.18. The van der Waals surface area contributed by atoms with Gasteiger partial charge in [-0.1, -0.05) is 0 Å². The van der Waals surface area contributed by atoms with Gasteiger partial charge in [-0.25, -0.2) is 9.59 Å². The average Bonchev–Trinajstić information content (AvgIpc) is 2.55. The fourth-order valence-corrected chi connectivity index (χ4v) is 1.36. The molecule has 0 aromatic carbocycles. The SMILES string of the molecule is O=C(OCC(CCl)OC(=O)C(F)(F)C(F)(F)C(F)(F)F)C(F)(F)C(F)(F)C(F)(F)F. The van der Waals surface area contributed by atoms with Crippen LogP contribution in [0.25, 0.3) is 0 Å². The zero-order valence-corrected chi connectivity index (χ0v) is 14.0. The highest BCUT2D eigenvalue weighted by Crippen LogP contribution is 2.48. The molecular formula is C11H5ClF14O4. The molecule has 0 N–H and O–H groups in total. The summed E-state index contributed by atoms with van der Waals surface area (Å²) in [6.45, 7) is -2.09. The summed E-state index contributed by atoms with van der Waals surface area (Å²) in [6.07, 6.45) is -16.7. The standard InChI is InChI=1S/C11H5ClF14O4/c12-1-3(30-5(28)7(15,16)9(19,20)11(24,25)26)2-29-4(27)6(13,14)8(17,18)10(21,22)23/h3H,1-2H2. The Balaban J connectivity index is 5.34. The molecule has 0 amide bonds. The molecule has 0 aliphatic carbocycles. The monoisotopic (exact) mass is 502 g/mol. The van der Waals surface area contributed by atoms with Crippen molar-refractivity contribution in [3.8, 4) is 0 Å². The van der Waals surface area contributed by atoms with Crippen LogP contribution < -0.4 is 0 Å². The average molecular weight is 503 g/mol. The van der Waals surface area contributed by atoms with E-state index in [2.05, 4.69) is 9.47 Å². The highest BCUT2D eigenvalue weighted by Gasteiger charge is 2.78. The predicted octanol–water partition coefficient (Wildman–Crippen LogP) is 4.35. The van der Waals surface area contributed by atoms with Crippen LogP contribution >= 0.6 is 11.6 Å². The third-order valence-electron chi connectivity index (χ3n) is 2.86. The van der Waals surface area contributed by atoms with Gasteiger partial charge in [-0.3, -0.25) is 0 Å². The molecule has 19 heteroatoms. The summed E-state index contributed by atoms with van der Waals surface area (Å²) in [5.74, 6) is -36.0. The molecule has 30 heavy (non-hydrogen) atoms. The first-order valence-electron chi connectivity index (χ1n) is 6.57. The number of carbonyl (C=O) groups is 2. The number of rotatable bonds is 8. The van der Waals surface area contributed by atoms with Crippen molar-refractivity contribution in [3.05, 3.63) is 0 Å². The second-order valence-corrected chi connectivity index (χ2v) is 5.38. The van der Waals surface area contributed by atoms with Gasteiger partial charge in [0, 0.05) is 0 Å². The Morgan fingerprint density at radius 1 is 0.667 bits per heavy atom. The van der Waals surface area contributed by atoms with Crippen molar-refractivity contribution in [3.63, 3.8) is 0 Å². The molecule has 0 aromatic heterocycles. The maximum Gasteiger partial charge on any atom is 0.460 e. The van der Waals surface area contributed by atoms with E-state index in [4.69, 9.17) is 11.6 Å². The van der Waals surface area contributed by atoms with Gasteiger partial charge < -0.3 is 9.47 Å². The van der Waals surface area contributed by atoms with Gasteiger partial charge in [0.25, 0.3) is 0 Å². The molecule has 0 saturated heterocycles. The first kappa shape index (κ1) is 28.2. The molecule has 1 unspecified atom stereocenters.